The molecule has 0 aliphatic rings. The second kappa shape index (κ2) is 12.3. The molecule has 0 bridgehead atoms. The highest BCUT2D eigenvalue weighted by Gasteiger charge is 2.30. The number of para-hydroxylation sites is 1. The minimum Gasteiger partial charge on any atom is -0.481 e. The molecule has 0 aliphatic heterocycles. The molecule has 32 heavy (non-hydrogen) atoms. The monoisotopic (exact) mass is 440 g/mol. The van der Waals surface area contributed by atoms with E-state index in [-0.39, 0.29) is 5.97 Å². The fourth-order valence-electron chi connectivity index (χ4n) is 3.54. The molecule has 0 spiro atoms. The molecule has 2 aromatic rings. The van der Waals surface area contributed by atoms with Gasteiger partial charge in [0.15, 0.2) is 0 Å². The van der Waals surface area contributed by atoms with Crippen molar-refractivity contribution in [1.29, 1.82) is 0 Å². The van der Waals surface area contributed by atoms with Crippen molar-refractivity contribution in [2.24, 2.45) is 11.8 Å². The Balaban J connectivity index is 1.97. The van der Waals surface area contributed by atoms with Gasteiger partial charge in [-0.15, -0.1) is 0 Å². The second-order valence-electron chi connectivity index (χ2n) is 9.24. The van der Waals surface area contributed by atoms with Crippen molar-refractivity contribution < 1.29 is 24.2 Å². The topological polar surface area (TPSA) is 72.8 Å². The predicted octanol–water partition coefficient (Wildman–Crippen LogP) is 6.65. The summed E-state index contributed by atoms with van der Waals surface area (Å²) in [5.41, 5.74) is 0.461. The molecule has 2 rings (SSSR count). The molecule has 0 fully saturated rings. The number of carbonyl (C=O) groups excluding carboxylic acids is 1. The lowest BCUT2D eigenvalue weighted by molar-refractivity contribution is -0.161. The lowest BCUT2D eigenvalue weighted by Crippen LogP contribution is -2.31. The molecule has 174 valence electrons. The van der Waals surface area contributed by atoms with Gasteiger partial charge in [-0.05, 0) is 76.3 Å². The van der Waals surface area contributed by atoms with E-state index in [0.717, 1.165) is 29.9 Å². The van der Waals surface area contributed by atoms with Crippen molar-refractivity contribution in [3.63, 3.8) is 0 Å². The number of aryl methyl sites for hydroxylation is 1. The van der Waals surface area contributed by atoms with E-state index >= 15 is 0 Å². The van der Waals surface area contributed by atoms with Crippen LogP contribution >= 0.6 is 0 Å². The Morgan fingerprint density at radius 1 is 0.906 bits per heavy atom. The normalized spacial score (nSPS) is 13.2. The van der Waals surface area contributed by atoms with Crippen molar-refractivity contribution in [2.45, 2.75) is 71.8 Å². The van der Waals surface area contributed by atoms with E-state index in [1.54, 1.807) is 0 Å². The summed E-state index contributed by atoms with van der Waals surface area (Å²) in [4.78, 5) is 24.6. The maximum absolute atomic E-state index is 12.7. The molecule has 0 amide bonds. The zero-order valence-corrected chi connectivity index (χ0v) is 19.7. The molecular weight excluding hydrogens is 404 g/mol. The Kier molecular flexibility index (Phi) is 9.76. The van der Waals surface area contributed by atoms with Crippen LogP contribution in [-0.2, 0) is 20.7 Å². The van der Waals surface area contributed by atoms with Gasteiger partial charge < -0.3 is 14.6 Å². The fourth-order valence-corrected chi connectivity index (χ4v) is 3.54. The standard InChI is InChI=1S/C27H36O5/c1-5-6-10-22(26(30)32-27(2,3)4)19-21(25(28)29)16-13-20-14-17-24(18-15-20)31-23-11-8-7-9-12-23/h7-9,11-12,14-15,17-18,21-22H,5-6,10,13,16,19H2,1-4H3,(H,28,29)/t21-,22-/m0/s1. The molecule has 0 unspecified atom stereocenters. The second-order valence-corrected chi connectivity index (χ2v) is 9.24. The SMILES string of the molecule is CCCC[C@@H](C[C@H](CCc1ccc(Oc2ccccc2)cc1)C(=O)O)C(=O)OC(C)(C)C. The zero-order valence-electron chi connectivity index (χ0n) is 19.7. The molecule has 0 aliphatic carbocycles. The van der Waals surface area contributed by atoms with E-state index in [2.05, 4.69) is 6.92 Å². The summed E-state index contributed by atoms with van der Waals surface area (Å²) < 4.78 is 11.4. The highest BCUT2D eigenvalue weighted by Crippen LogP contribution is 2.27. The van der Waals surface area contributed by atoms with Gasteiger partial charge in [0.1, 0.15) is 17.1 Å². The van der Waals surface area contributed by atoms with Crippen LogP contribution < -0.4 is 4.74 Å². The number of ether oxygens (including phenoxy) is 2. The number of esters is 1. The summed E-state index contributed by atoms with van der Waals surface area (Å²) >= 11 is 0. The summed E-state index contributed by atoms with van der Waals surface area (Å²) in [6.45, 7) is 7.57. The highest BCUT2D eigenvalue weighted by molar-refractivity contribution is 5.75. The first-order valence-corrected chi connectivity index (χ1v) is 11.5. The van der Waals surface area contributed by atoms with Crippen LogP contribution in [0.3, 0.4) is 0 Å². The van der Waals surface area contributed by atoms with Crippen LogP contribution in [0, 0.1) is 11.8 Å². The Labute approximate surface area is 191 Å². The van der Waals surface area contributed by atoms with Crippen LogP contribution in [0.4, 0.5) is 0 Å². The number of unbranched alkanes of at least 4 members (excludes halogenated alkanes) is 1. The molecule has 5 heteroatoms. The van der Waals surface area contributed by atoms with Crippen molar-refractivity contribution in [3.05, 3.63) is 60.2 Å². The summed E-state index contributed by atoms with van der Waals surface area (Å²) in [5, 5.41) is 9.78. The molecule has 2 aromatic carbocycles. The number of hydrogen-bond acceptors (Lipinski definition) is 4. The van der Waals surface area contributed by atoms with E-state index in [4.69, 9.17) is 9.47 Å². The van der Waals surface area contributed by atoms with Crippen LogP contribution in [0.25, 0.3) is 0 Å². The predicted molar refractivity (Wildman–Crippen MR) is 126 cm³/mol. The minimum absolute atomic E-state index is 0.292. The molecule has 0 radical (unpaired) electrons. The van der Waals surface area contributed by atoms with Crippen molar-refractivity contribution >= 4 is 11.9 Å². The van der Waals surface area contributed by atoms with Crippen LogP contribution in [0.1, 0.15) is 65.4 Å². The van der Waals surface area contributed by atoms with Crippen LogP contribution in [-0.4, -0.2) is 22.6 Å². The van der Waals surface area contributed by atoms with Crippen molar-refractivity contribution in [2.75, 3.05) is 0 Å². The number of aliphatic carboxylic acids is 1. The summed E-state index contributed by atoms with van der Waals surface area (Å²) in [7, 11) is 0. The van der Waals surface area contributed by atoms with Crippen molar-refractivity contribution in [3.8, 4) is 11.5 Å². The first-order valence-electron chi connectivity index (χ1n) is 11.5. The Morgan fingerprint density at radius 3 is 2.09 bits per heavy atom. The quantitative estimate of drug-likeness (QED) is 0.374. The highest BCUT2D eigenvalue weighted by atomic mass is 16.6. The van der Waals surface area contributed by atoms with E-state index in [9.17, 15) is 14.7 Å². The lowest BCUT2D eigenvalue weighted by Gasteiger charge is -2.25. The van der Waals surface area contributed by atoms with Gasteiger partial charge in [0.25, 0.3) is 0 Å². The Morgan fingerprint density at radius 2 is 1.53 bits per heavy atom. The van der Waals surface area contributed by atoms with Gasteiger partial charge >= 0.3 is 11.9 Å². The Hall–Kier alpha value is -2.82. The van der Waals surface area contributed by atoms with Gasteiger partial charge in [-0.3, -0.25) is 9.59 Å². The first kappa shape index (κ1) is 25.4. The van der Waals surface area contributed by atoms with Gasteiger partial charge in [-0.2, -0.15) is 0 Å². The van der Waals surface area contributed by atoms with E-state index in [1.165, 1.54) is 0 Å². The number of carboxylic acids is 1. The average Bonchev–Trinajstić information content (AvgIpc) is 2.73. The lowest BCUT2D eigenvalue weighted by atomic mass is 9.87. The third-order valence-corrected chi connectivity index (χ3v) is 5.25. The van der Waals surface area contributed by atoms with Gasteiger partial charge in [0.2, 0.25) is 0 Å². The number of rotatable bonds is 12. The minimum atomic E-state index is -0.862. The zero-order chi connectivity index (χ0) is 23.6. The molecular formula is C27H36O5. The smallest absolute Gasteiger partial charge is 0.309 e. The number of carbonyl (C=O) groups is 2. The van der Waals surface area contributed by atoms with Gasteiger partial charge in [0, 0.05) is 0 Å². The van der Waals surface area contributed by atoms with Crippen molar-refractivity contribution in [1.82, 2.24) is 0 Å². The van der Waals surface area contributed by atoms with Gasteiger partial charge in [0.05, 0.1) is 11.8 Å². The van der Waals surface area contributed by atoms with Crippen LogP contribution in [0.5, 0.6) is 11.5 Å². The Bertz CT molecular complexity index is 837. The third kappa shape index (κ3) is 9.13. The maximum Gasteiger partial charge on any atom is 0.309 e. The summed E-state index contributed by atoms with van der Waals surface area (Å²) in [5.74, 6) is -0.633. The number of carboxylic acid groups (broad SMARTS) is 1. The van der Waals surface area contributed by atoms with E-state index < -0.39 is 23.4 Å². The fraction of sp³-hybridized carbons (Fsp3) is 0.481. The molecule has 2 atom stereocenters. The van der Waals surface area contributed by atoms with Gasteiger partial charge in [-0.1, -0.05) is 50.1 Å². The molecule has 5 nitrogen and oxygen atoms in total. The first-order chi connectivity index (χ1) is 15.2. The molecule has 0 saturated carbocycles. The van der Waals surface area contributed by atoms with E-state index in [0.29, 0.717) is 25.7 Å². The van der Waals surface area contributed by atoms with Crippen LogP contribution in [0.2, 0.25) is 0 Å². The molecule has 1 N–H and O–H groups in total. The van der Waals surface area contributed by atoms with Gasteiger partial charge in [-0.25, -0.2) is 0 Å². The maximum atomic E-state index is 12.7. The molecule has 0 aromatic heterocycles. The largest absolute Gasteiger partial charge is 0.481 e. The average molecular weight is 441 g/mol. The number of benzene rings is 2. The summed E-state index contributed by atoms with van der Waals surface area (Å²) in [6.07, 6.45) is 3.88. The number of hydrogen-bond donors (Lipinski definition) is 1. The summed E-state index contributed by atoms with van der Waals surface area (Å²) in [6, 6.07) is 17.3. The molecule has 0 heterocycles. The van der Waals surface area contributed by atoms with Crippen LogP contribution in [0.15, 0.2) is 54.6 Å². The third-order valence-electron chi connectivity index (χ3n) is 5.25. The molecule has 0 saturated heterocycles. The van der Waals surface area contributed by atoms with E-state index in [1.807, 2.05) is 75.4 Å².